The van der Waals surface area contributed by atoms with Gasteiger partial charge in [0.15, 0.2) is 0 Å². The molecule has 0 saturated carbocycles. The smallest absolute Gasteiger partial charge is 0.311 e. The quantitative estimate of drug-likeness (QED) is 0.631. The van der Waals surface area contributed by atoms with Crippen molar-refractivity contribution in [2.24, 2.45) is 5.41 Å². The Bertz CT molecular complexity index is 377. The van der Waals surface area contributed by atoms with Crippen LogP contribution in [-0.2, 0) is 16.0 Å². The van der Waals surface area contributed by atoms with Crippen molar-refractivity contribution in [3.8, 4) is 0 Å². The van der Waals surface area contributed by atoms with Crippen LogP contribution in [0.5, 0.6) is 0 Å². The summed E-state index contributed by atoms with van der Waals surface area (Å²) in [6.45, 7) is 5.96. The van der Waals surface area contributed by atoms with Crippen LogP contribution in [0.15, 0.2) is 22.8 Å². The molecule has 0 aliphatic heterocycles. The molecule has 0 aliphatic carbocycles. The van der Waals surface area contributed by atoms with Crippen LogP contribution in [-0.4, -0.2) is 17.6 Å². The standard InChI is InChI=1S/C12H16BrNO2/c1-4-16-11(15)12(2,3)8-9-6-5-7-10(13)14-9/h5-7H,4,8H2,1-3H3. The van der Waals surface area contributed by atoms with Gasteiger partial charge in [-0.1, -0.05) is 6.07 Å². The summed E-state index contributed by atoms with van der Waals surface area (Å²) >= 11 is 3.31. The highest BCUT2D eigenvalue weighted by Crippen LogP contribution is 2.23. The molecule has 0 amide bonds. The number of aromatic nitrogens is 1. The van der Waals surface area contributed by atoms with Gasteiger partial charge >= 0.3 is 5.97 Å². The third-order valence-electron chi connectivity index (χ3n) is 2.22. The number of ether oxygens (including phenoxy) is 1. The summed E-state index contributed by atoms with van der Waals surface area (Å²) < 4.78 is 5.81. The highest BCUT2D eigenvalue weighted by atomic mass is 79.9. The number of pyridine rings is 1. The van der Waals surface area contributed by atoms with E-state index in [1.807, 2.05) is 39.0 Å². The molecule has 0 bridgehead atoms. The summed E-state index contributed by atoms with van der Waals surface area (Å²) in [4.78, 5) is 16.0. The van der Waals surface area contributed by atoms with E-state index >= 15 is 0 Å². The molecule has 1 heterocycles. The Hall–Kier alpha value is -0.900. The fourth-order valence-corrected chi connectivity index (χ4v) is 1.78. The first kappa shape index (κ1) is 13.2. The molecule has 1 aromatic heterocycles. The lowest BCUT2D eigenvalue weighted by Crippen LogP contribution is -2.29. The van der Waals surface area contributed by atoms with Gasteiger partial charge in [0, 0.05) is 12.1 Å². The number of hydrogen-bond acceptors (Lipinski definition) is 3. The van der Waals surface area contributed by atoms with E-state index in [0.29, 0.717) is 13.0 Å². The van der Waals surface area contributed by atoms with Crippen molar-refractivity contribution < 1.29 is 9.53 Å². The molecule has 0 radical (unpaired) electrons. The van der Waals surface area contributed by atoms with E-state index in [1.165, 1.54) is 0 Å². The summed E-state index contributed by atoms with van der Waals surface area (Å²) in [5.41, 5.74) is 0.344. The third-order valence-corrected chi connectivity index (χ3v) is 2.67. The van der Waals surface area contributed by atoms with E-state index in [2.05, 4.69) is 20.9 Å². The molecular formula is C12H16BrNO2. The van der Waals surface area contributed by atoms with Crippen LogP contribution in [0.4, 0.5) is 0 Å². The van der Waals surface area contributed by atoms with Crippen molar-refractivity contribution in [1.82, 2.24) is 4.98 Å². The van der Waals surface area contributed by atoms with Crippen LogP contribution in [0.3, 0.4) is 0 Å². The van der Waals surface area contributed by atoms with Gasteiger partial charge < -0.3 is 4.74 Å². The van der Waals surface area contributed by atoms with Crippen molar-refractivity contribution in [2.45, 2.75) is 27.2 Å². The van der Waals surface area contributed by atoms with Crippen molar-refractivity contribution in [3.63, 3.8) is 0 Å². The second kappa shape index (κ2) is 5.43. The van der Waals surface area contributed by atoms with E-state index < -0.39 is 5.41 Å². The van der Waals surface area contributed by atoms with Gasteiger partial charge in [0.25, 0.3) is 0 Å². The first-order valence-corrected chi connectivity index (χ1v) is 6.03. The Morgan fingerprint density at radius 2 is 2.19 bits per heavy atom. The molecule has 0 aliphatic rings. The van der Waals surface area contributed by atoms with Crippen LogP contribution in [0, 0.1) is 5.41 Å². The molecule has 0 saturated heterocycles. The second-order valence-corrected chi connectivity index (χ2v) is 5.05. The minimum atomic E-state index is -0.538. The average molecular weight is 286 g/mol. The van der Waals surface area contributed by atoms with Crippen LogP contribution in [0.25, 0.3) is 0 Å². The highest BCUT2D eigenvalue weighted by Gasteiger charge is 2.29. The summed E-state index contributed by atoms with van der Waals surface area (Å²) in [5, 5.41) is 0. The summed E-state index contributed by atoms with van der Waals surface area (Å²) in [7, 11) is 0. The number of esters is 1. The van der Waals surface area contributed by atoms with Gasteiger partial charge in [0.05, 0.1) is 12.0 Å². The van der Waals surface area contributed by atoms with Crippen LogP contribution in [0.2, 0.25) is 0 Å². The Balaban J connectivity index is 2.75. The van der Waals surface area contributed by atoms with E-state index in [4.69, 9.17) is 4.74 Å². The largest absolute Gasteiger partial charge is 0.466 e. The second-order valence-electron chi connectivity index (χ2n) is 4.23. The number of carbonyl (C=O) groups is 1. The predicted molar refractivity (Wildman–Crippen MR) is 66.1 cm³/mol. The van der Waals surface area contributed by atoms with Gasteiger partial charge in [-0.3, -0.25) is 4.79 Å². The molecule has 16 heavy (non-hydrogen) atoms. The van der Waals surface area contributed by atoms with Gasteiger partial charge in [-0.15, -0.1) is 0 Å². The molecular weight excluding hydrogens is 270 g/mol. The topological polar surface area (TPSA) is 39.2 Å². The van der Waals surface area contributed by atoms with E-state index in [1.54, 1.807) is 0 Å². The lowest BCUT2D eigenvalue weighted by molar-refractivity contribution is -0.153. The van der Waals surface area contributed by atoms with Crippen LogP contribution in [0.1, 0.15) is 26.5 Å². The Morgan fingerprint density at radius 3 is 2.75 bits per heavy atom. The molecule has 0 atom stereocenters. The maximum Gasteiger partial charge on any atom is 0.311 e. The first-order valence-electron chi connectivity index (χ1n) is 5.24. The lowest BCUT2D eigenvalue weighted by atomic mass is 9.88. The van der Waals surface area contributed by atoms with Gasteiger partial charge in [-0.25, -0.2) is 4.98 Å². The molecule has 4 heteroatoms. The zero-order valence-electron chi connectivity index (χ0n) is 9.79. The van der Waals surface area contributed by atoms with E-state index in [0.717, 1.165) is 10.3 Å². The Kier molecular flexibility index (Phi) is 4.47. The molecule has 3 nitrogen and oxygen atoms in total. The Labute approximate surface area is 104 Å². The zero-order valence-corrected chi connectivity index (χ0v) is 11.4. The third kappa shape index (κ3) is 3.59. The first-order chi connectivity index (χ1) is 7.45. The maximum absolute atomic E-state index is 11.7. The monoisotopic (exact) mass is 285 g/mol. The zero-order chi connectivity index (χ0) is 12.2. The molecule has 0 N–H and O–H groups in total. The number of carbonyl (C=O) groups excluding carboxylic acids is 1. The number of halogens is 1. The van der Waals surface area contributed by atoms with Crippen molar-refractivity contribution in [3.05, 3.63) is 28.5 Å². The number of rotatable bonds is 4. The van der Waals surface area contributed by atoms with Gasteiger partial charge in [0.2, 0.25) is 0 Å². The lowest BCUT2D eigenvalue weighted by Gasteiger charge is -2.21. The highest BCUT2D eigenvalue weighted by molar-refractivity contribution is 9.10. The number of nitrogens with zero attached hydrogens (tertiary/aromatic N) is 1. The summed E-state index contributed by atoms with van der Waals surface area (Å²) in [6.07, 6.45) is 0.575. The van der Waals surface area contributed by atoms with E-state index in [-0.39, 0.29) is 5.97 Å². The molecule has 1 aromatic rings. The van der Waals surface area contributed by atoms with Crippen LogP contribution < -0.4 is 0 Å². The Morgan fingerprint density at radius 1 is 1.50 bits per heavy atom. The normalized spacial score (nSPS) is 11.2. The van der Waals surface area contributed by atoms with Crippen molar-refractivity contribution >= 4 is 21.9 Å². The molecule has 0 spiro atoms. The SMILES string of the molecule is CCOC(=O)C(C)(C)Cc1cccc(Br)n1. The van der Waals surface area contributed by atoms with Crippen LogP contribution >= 0.6 is 15.9 Å². The van der Waals surface area contributed by atoms with Gasteiger partial charge in [0.1, 0.15) is 4.60 Å². The van der Waals surface area contributed by atoms with Crippen molar-refractivity contribution in [1.29, 1.82) is 0 Å². The minimum Gasteiger partial charge on any atom is -0.466 e. The summed E-state index contributed by atoms with van der Waals surface area (Å²) in [5.74, 6) is -0.184. The van der Waals surface area contributed by atoms with E-state index in [9.17, 15) is 4.79 Å². The molecule has 88 valence electrons. The molecule has 1 rings (SSSR count). The summed E-state index contributed by atoms with van der Waals surface area (Å²) in [6, 6.07) is 5.68. The average Bonchev–Trinajstić information content (AvgIpc) is 2.17. The molecule has 0 fully saturated rings. The fraction of sp³-hybridized carbons (Fsp3) is 0.500. The minimum absolute atomic E-state index is 0.184. The van der Waals surface area contributed by atoms with Gasteiger partial charge in [-0.05, 0) is 48.8 Å². The fourth-order valence-electron chi connectivity index (χ4n) is 1.40. The molecule has 0 unspecified atom stereocenters. The molecule has 0 aromatic carbocycles. The van der Waals surface area contributed by atoms with Gasteiger partial charge in [-0.2, -0.15) is 0 Å². The van der Waals surface area contributed by atoms with Crippen molar-refractivity contribution in [2.75, 3.05) is 6.61 Å². The predicted octanol–water partition coefficient (Wildman–Crippen LogP) is 2.98. The maximum atomic E-state index is 11.7. The number of hydrogen-bond donors (Lipinski definition) is 0.